The van der Waals surface area contributed by atoms with Gasteiger partial charge in [0.25, 0.3) is 5.91 Å². The van der Waals surface area contributed by atoms with Gasteiger partial charge in [-0.25, -0.2) is 4.79 Å². The quantitative estimate of drug-likeness (QED) is 0.718. The number of amides is 1. The average molecular weight is 351 g/mol. The highest BCUT2D eigenvalue weighted by Crippen LogP contribution is 2.23. The summed E-state index contributed by atoms with van der Waals surface area (Å²) in [6, 6.07) is 12.4. The molecule has 0 saturated carbocycles. The largest absolute Gasteiger partial charge is 0.481 e. The average Bonchev–Trinajstić information content (AvgIpc) is 2.57. The molecule has 3 rings (SSSR count). The zero-order chi connectivity index (χ0) is 18.8. The summed E-state index contributed by atoms with van der Waals surface area (Å²) in [5.74, 6) is 0.216. The van der Waals surface area contributed by atoms with Crippen molar-refractivity contribution in [3.63, 3.8) is 0 Å². The van der Waals surface area contributed by atoms with Crippen LogP contribution in [-0.2, 0) is 4.79 Å². The second-order valence-electron chi connectivity index (χ2n) is 6.45. The minimum absolute atomic E-state index is 0.251. The van der Waals surface area contributed by atoms with Gasteiger partial charge >= 0.3 is 5.63 Å². The number of benzene rings is 2. The lowest BCUT2D eigenvalue weighted by Crippen LogP contribution is -2.30. The molecule has 0 bridgehead atoms. The molecular weight excluding hydrogens is 330 g/mol. The molecule has 0 aliphatic rings. The molecule has 1 amide bonds. The van der Waals surface area contributed by atoms with Gasteiger partial charge in [-0.3, -0.25) is 4.79 Å². The molecule has 5 heteroatoms. The molecule has 5 nitrogen and oxygen atoms in total. The van der Waals surface area contributed by atoms with Gasteiger partial charge in [-0.15, -0.1) is 0 Å². The maximum absolute atomic E-state index is 12.4. The van der Waals surface area contributed by atoms with Crippen molar-refractivity contribution in [1.82, 2.24) is 0 Å². The molecule has 1 N–H and O–H groups in total. The van der Waals surface area contributed by atoms with Crippen molar-refractivity contribution in [2.24, 2.45) is 0 Å². The first-order valence-electron chi connectivity index (χ1n) is 8.43. The van der Waals surface area contributed by atoms with Gasteiger partial charge in [-0.05, 0) is 68.7 Å². The van der Waals surface area contributed by atoms with E-state index < -0.39 is 11.7 Å². The van der Waals surface area contributed by atoms with Crippen molar-refractivity contribution in [2.75, 3.05) is 5.32 Å². The number of nitrogens with one attached hydrogen (secondary N) is 1. The summed E-state index contributed by atoms with van der Waals surface area (Å²) in [4.78, 5) is 23.9. The van der Waals surface area contributed by atoms with Gasteiger partial charge in [0, 0.05) is 23.2 Å². The third-order valence-corrected chi connectivity index (χ3v) is 4.38. The molecule has 0 saturated heterocycles. The number of carbonyl (C=O) groups excluding carboxylic acids is 1. The summed E-state index contributed by atoms with van der Waals surface area (Å²) in [6.45, 7) is 7.54. The van der Waals surface area contributed by atoms with E-state index in [2.05, 4.69) is 5.32 Å². The Kier molecular flexibility index (Phi) is 4.80. The fraction of sp³-hybridized carbons (Fsp3) is 0.238. The van der Waals surface area contributed by atoms with Crippen LogP contribution in [0, 0.1) is 20.8 Å². The van der Waals surface area contributed by atoms with Gasteiger partial charge in [0.15, 0.2) is 6.10 Å². The van der Waals surface area contributed by atoms with Crippen LogP contribution in [0.2, 0.25) is 0 Å². The van der Waals surface area contributed by atoms with Crippen LogP contribution >= 0.6 is 0 Å². The van der Waals surface area contributed by atoms with Crippen LogP contribution in [0.3, 0.4) is 0 Å². The lowest BCUT2D eigenvalue weighted by molar-refractivity contribution is -0.122. The number of ether oxygens (including phenoxy) is 1. The highest BCUT2D eigenvalue weighted by atomic mass is 16.5. The Balaban J connectivity index is 1.75. The Morgan fingerprint density at radius 2 is 1.77 bits per heavy atom. The lowest BCUT2D eigenvalue weighted by atomic mass is 10.1. The number of hydrogen-bond donors (Lipinski definition) is 1. The molecule has 134 valence electrons. The molecule has 0 fully saturated rings. The maximum atomic E-state index is 12.4. The highest BCUT2D eigenvalue weighted by Gasteiger charge is 2.16. The predicted octanol–water partition coefficient (Wildman–Crippen LogP) is 4.12. The number of rotatable bonds is 4. The van der Waals surface area contributed by atoms with Gasteiger partial charge in [0.05, 0.1) is 0 Å². The monoisotopic (exact) mass is 351 g/mol. The van der Waals surface area contributed by atoms with E-state index in [1.807, 2.05) is 45.0 Å². The molecule has 0 aliphatic heterocycles. The Bertz CT molecular complexity index is 1040. The van der Waals surface area contributed by atoms with Gasteiger partial charge in [0.2, 0.25) is 0 Å². The number of fused-ring (bicyclic) bond motifs is 1. The predicted molar refractivity (Wildman–Crippen MR) is 102 cm³/mol. The zero-order valence-electron chi connectivity index (χ0n) is 15.3. The molecule has 0 spiro atoms. The first-order valence-corrected chi connectivity index (χ1v) is 8.43. The standard InChI is InChI=1S/C21H21NO4/c1-12-5-6-16(9-13(12)2)22-21(24)15(4)25-17-7-8-18-14(3)10-20(23)26-19(18)11-17/h5-11,15H,1-4H3,(H,22,24)/t15-/m0/s1. The Labute approximate surface area is 151 Å². The summed E-state index contributed by atoms with van der Waals surface area (Å²) in [6.07, 6.45) is -0.703. The molecule has 0 unspecified atom stereocenters. The number of carbonyl (C=O) groups is 1. The molecule has 0 aliphatic carbocycles. The minimum atomic E-state index is -0.703. The summed E-state index contributed by atoms with van der Waals surface area (Å²) in [5.41, 5.74) is 3.87. The van der Waals surface area contributed by atoms with Crippen molar-refractivity contribution in [3.05, 3.63) is 69.6 Å². The Hall–Kier alpha value is -3.08. The zero-order valence-corrected chi connectivity index (χ0v) is 15.3. The number of aryl methyl sites for hydroxylation is 3. The number of hydrogen-bond acceptors (Lipinski definition) is 4. The fourth-order valence-electron chi connectivity index (χ4n) is 2.70. The Morgan fingerprint density at radius 1 is 1.00 bits per heavy atom. The normalized spacial score (nSPS) is 12.0. The minimum Gasteiger partial charge on any atom is -0.481 e. The van der Waals surface area contributed by atoms with Crippen LogP contribution in [0.5, 0.6) is 5.75 Å². The SMILES string of the molecule is Cc1ccc(NC(=O)[C@H](C)Oc2ccc3c(C)cc(=O)oc3c2)cc1C. The molecule has 26 heavy (non-hydrogen) atoms. The fourth-order valence-corrected chi connectivity index (χ4v) is 2.70. The van der Waals surface area contributed by atoms with Crippen LogP contribution in [0.4, 0.5) is 5.69 Å². The van der Waals surface area contributed by atoms with E-state index in [0.29, 0.717) is 11.3 Å². The summed E-state index contributed by atoms with van der Waals surface area (Å²) < 4.78 is 10.9. The topological polar surface area (TPSA) is 68.5 Å². The number of anilines is 1. The van der Waals surface area contributed by atoms with E-state index in [9.17, 15) is 9.59 Å². The van der Waals surface area contributed by atoms with E-state index in [1.165, 1.54) is 11.6 Å². The third kappa shape index (κ3) is 3.77. The van der Waals surface area contributed by atoms with Crippen molar-refractivity contribution >= 4 is 22.6 Å². The molecule has 3 aromatic rings. The smallest absolute Gasteiger partial charge is 0.336 e. The highest BCUT2D eigenvalue weighted by molar-refractivity contribution is 5.94. The van der Waals surface area contributed by atoms with Crippen LogP contribution in [0.1, 0.15) is 23.6 Å². The van der Waals surface area contributed by atoms with Crippen molar-refractivity contribution < 1.29 is 13.9 Å². The molecular formula is C21H21NO4. The summed E-state index contributed by atoms with van der Waals surface area (Å²) >= 11 is 0. The van der Waals surface area contributed by atoms with Crippen LogP contribution in [0.25, 0.3) is 11.0 Å². The molecule has 1 atom stereocenters. The molecule has 1 heterocycles. The van der Waals surface area contributed by atoms with Crippen LogP contribution < -0.4 is 15.7 Å². The summed E-state index contributed by atoms with van der Waals surface area (Å²) in [5, 5.41) is 3.69. The van der Waals surface area contributed by atoms with Crippen molar-refractivity contribution in [1.29, 1.82) is 0 Å². The van der Waals surface area contributed by atoms with Gasteiger partial charge in [-0.1, -0.05) is 6.07 Å². The Morgan fingerprint density at radius 3 is 2.50 bits per heavy atom. The molecule has 2 aromatic carbocycles. The van der Waals surface area contributed by atoms with Gasteiger partial charge in [0.1, 0.15) is 11.3 Å². The van der Waals surface area contributed by atoms with E-state index in [1.54, 1.807) is 19.1 Å². The first-order chi connectivity index (χ1) is 12.3. The van der Waals surface area contributed by atoms with E-state index in [0.717, 1.165) is 22.2 Å². The van der Waals surface area contributed by atoms with Crippen LogP contribution in [-0.4, -0.2) is 12.0 Å². The lowest BCUT2D eigenvalue weighted by Gasteiger charge is -2.15. The van der Waals surface area contributed by atoms with E-state index >= 15 is 0 Å². The van der Waals surface area contributed by atoms with Gasteiger partial charge < -0.3 is 14.5 Å². The molecule has 0 radical (unpaired) electrons. The van der Waals surface area contributed by atoms with E-state index in [4.69, 9.17) is 9.15 Å². The summed E-state index contributed by atoms with van der Waals surface area (Å²) in [7, 11) is 0. The molecule has 1 aromatic heterocycles. The second kappa shape index (κ2) is 7.04. The van der Waals surface area contributed by atoms with Crippen molar-refractivity contribution in [3.8, 4) is 5.75 Å². The van der Waals surface area contributed by atoms with E-state index in [-0.39, 0.29) is 5.91 Å². The van der Waals surface area contributed by atoms with Crippen molar-refractivity contribution in [2.45, 2.75) is 33.8 Å². The first kappa shape index (κ1) is 17.7. The third-order valence-electron chi connectivity index (χ3n) is 4.38. The maximum Gasteiger partial charge on any atom is 0.336 e. The second-order valence-corrected chi connectivity index (χ2v) is 6.45. The van der Waals surface area contributed by atoms with Crippen LogP contribution in [0.15, 0.2) is 51.7 Å². The van der Waals surface area contributed by atoms with Gasteiger partial charge in [-0.2, -0.15) is 0 Å².